The average Bonchev–Trinajstić information content (AvgIpc) is 3.28. The summed E-state index contributed by atoms with van der Waals surface area (Å²) in [5, 5.41) is 0. The summed E-state index contributed by atoms with van der Waals surface area (Å²) in [6, 6.07) is 0. The molecule has 9 unspecified atom stereocenters. The van der Waals surface area contributed by atoms with Gasteiger partial charge < -0.3 is 43.7 Å². The second-order valence-corrected chi connectivity index (χ2v) is 26.2. The van der Waals surface area contributed by atoms with Crippen LogP contribution in [0, 0.1) is 91.7 Å². The highest BCUT2D eigenvalue weighted by Crippen LogP contribution is 2.76. The van der Waals surface area contributed by atoms with Crippen LogP contribution in [0.15, 0.2) is 11.6 Å². The van der Waals surface area contributed by atoms with E-state index in [-0.39, 0.29) is 81.1 Å². The molecule has 1 amide bonds. The van der Waals surface area contributed by atoms with E-state index in [0.29, 0.717) is 36.7 Å². The van der Waals surface area contributed by atoms with E-state index < -0.39 is 54.1 Å². The van der Waals surface area contributed by atoms with Gasteiger partial charge in [-0.2, -0.15) is 0 Å². The van der Waals surface area contributed by atoms with Crippen LogP contribution in [0.25, 0.3) is 0 Å². The van der Waals surface area contributed by atoms with Crippen LogP contribution >= 0.6 is 0 Å². The molecule has 0 radical (unpaired) electrons. The normalized spacial score (nSPS) is 53.4. The highest BCUT2D eigenvalue weighted by atomic mass is 16.8. The maximum Gasteiger partial charge on any atom is 0.226 e. The van der Waals surface area contributed by atoms with Crippen molar-refractivity contribution in [1.82, 2.24) is 0 Å². The number of hydrogen-bond donors (Lipinski definition) is 1. The second-order valence-electron chi connectivity index (χ2n) is 26.2. The van der Waals surface area contributed by atoms with Crippen LogP contribution in [0.4, 0.5) is 0 Å². The number of nitrogens with two attached hydrogens (primary N) is 1. The van der Waals surface area contributed by atoms with Gasteiger partial charge in [0.05, 0.1) is 41.9 Å². The number of carbonyl (C=O) groups is 3. The summed E-state index contributed by atoms with van der Waals surface area (Å²) in [7, 11) is 1.78. The second kappa shape index (κ2) is 18.6. The third-order valence-corrected chi connectivity index (χ3v) is 22.5. The molecule has 8 rings (SSSR count). The molecule has 0 aromatic carbocycles. The SMILES string of the molecule is CCC1O[C@@H](OC2[C@H](O[C@H]3CCC4(C)C5CC=C6C7CC(C)(C)CC[C@]7(C(N)=O)C(OC)C[C@@]6(C)[C@@]5(C)CC[C@H]4[C@@]3(C)C=O)OC(C(C)=O)[C@@H](C)[C@@H]2O[C@@H]2OC[C@@H](C)[C@H](C)C2C)C(C)[C@@H](C)[C@H]1C. The lowest BCUT2D eigenvalue weighted by Crippen LogP contribution is -2.69. The Morgan fingerprint density at radius 1 is 0.750 bits per heavy atom. The van der Waals surface area contributed by atoms with Crippen molar-refractivity contribution in [2.24, 2.45) is 97.4 Å². The molecule has 3 saturated heterocycles. The van der Waals surface area contributed by atoms with Gasteiger partial charge in [0, 0.05) is 24.9 Å². The van der Waals surface area contributed by atoms with E-state index in [1.54, 1.807) is 14.0 Å². The first kappa shape index (κ1) is 52.6. The summed E-state index contributed by atoms with van der Waals surface area (Å²) in [5.41, 5.74) is 5.86. The predicted octanol–water partition coefficient (Wildman–Crippen LogP) is 10.5. The fourth-order valence-electron chi connectivity index (χ4n) is 17.1. The number of rotatable bonds is 11. The Morgan fingerprint density at radius 2 is 1.43 bits per heavy atom. The van der Waals surface area contributed by atoms with Crippen LogP contribution in [0.1, 0.15) is 168 Å². The lowest BCUT2D eigenvalue weighted by Gasteiger charge is -2.71. The lowest BCUT2D eigenvalue weighted by molar-refractivity contribution is -0.374. The van der Waals surface area contributed by atoms with Crippen molar-refractivity contribution in [2.45, 2.75) is 224 Å². The van der Waals surface area contributed by atoms with Gasteiger partial charge in [-0.3, -0.25) is 9.59 Å². The molecule has 0 aromatic heterocycles. The van der Waals surface area contributed by atoms with E-state index in [9.17, 15) is 14.4 Å². The molecule has 0 aromatic rings. The monoisotopic (exact) mass is 952 g/mol. The fourth-order valence-corrected chi connectivity index (χ4v) is 17.1. The minimum atomic E-state index is -1.01. The molecule has 11 heteroatoms. The number of primary amides is 1. The Morgan fingerprint density at radius 3 is 2.06 bits per heavy atom. The molecule has 3 aliphatic heterocycles. The third-order valence-electron chi connectivity index (χ3n) is 22.5. The van der Waals surface area contributed by atoms with E-state index in [1.807, 2.05) is 6.92 Å². The van der Waals surface area contributed by atoms with Gasteiger partial charge in [0.2, 0.25) is 5.91 Å². The minimum absolute atomic E-state index is 0.0226. The maximum absolute atomic E-state index is 14.1. The van der Waals surface area contributed by atoms with Gasteiger partial charge in [-0.05, 0) is 134 Å². The molecule has 4 saturated carbocycles. The van der Waals surface area contributed by atoms with Crippen LogP contribution in [-0.2, 0) is 47.5 Å². The molecule has 386 valence electrons. The summed E-state index contributed by atoms with van der Waals surface area (Å²) in [4.78, 5) is 41.5. The van der Waals surface area contributed by atoms with E-state index in [2.05, 4.69) is 96.1 Å². The number of Topliss-reactive ketones (excluding diaryl/α,β-unsaturated/α-hetero) is 1. The maximum atomic E-state index is 14.1. The van der Waals surface area contributed by atoms with Gasteiger partial charge >= 0.3 is 0 Å². The minimum Gasteiger partial charge on any atom is -0.380 e. The molecular weight excluding hydrogens is 859 g/mol. The number of ether oxygens (including phenoxy) is 7. The van der Waals surface area contributed by atoms with Crippen molar-refractivity contribution < 1.29 is 47.5 Å². The molecule has 2 N–H and O–H groups in total. The number of aldehydes is 1. The number of ketones is 1. The van der Waals surface area contributed by atoms with E-state index >= 15 is 0 Å². The number of fused-ring (bicyclic) bond motifs is 7. The van der Waals surface area contributed by atoms with Gasteiger partial charge in [-0.15, -0.1) is 0 Å². The van der Waals surface area contributed by atoms with Crippen LogP contribution in [-0.4, -0.2) is 87.2 Å². The van der Waals surface area contributed by atoms with Gasteiger partial charge in [0.25, 0.3) is 0 Å². The fraction of sp³-hybridized carbons (Fsp3) is 0.912. The first-order valence-electron chi connectivity index (χ1n) is 27.2. The molecule has 7 fully saturated rings. The van der Waals surface area contributed by atoms with E-state index in [1.165, 1.54) is 11.9 Å². The summed E-state index contributed by atoms with van der Waals surface area (Å²) >= 11 is 0. The summed E-state index contributed by atoms with van der Waals surface area (Å²) < 4.78 is 48.3. The van der Waals surface area contributed by atoms with Gasteiger partial charge in [0.15, 0.2) is 24.7 Å². The first-order valence-corrected chi connectivity index (χ1v) is 27.2. The Labute approximate surface area is 410 Å². The molecule has 68 heavy (non-hydrogen) atoms. The molecule has 5 aliphatic carbocycles. The van der Waals surface area contributed by atoms with Crippen LogP contribution in [0.5, 0.6) is 0 Å². The van der Waals surface area contributed by atoms with Crippen molar-refractivity contribution in [3.8, 4) is 0 Å². The molecule has 24 atom stereocenters. The Balaban J connectivity index is 1.13. The van der Waals surface area contributed by atoms with Crippen LogP contribution in [0.3, 0.4) is 0 Å². The average molecular weight is 952 g/mol. The van der Waals surface area contributed by atoms with Gasteiger partial charge in [-0.1, -0.05) is 109 Å². The van der Waals surface area contributed by atoms with Gasteiger partial charge in [-0.25, -0.2) is 0 Å². The molecule has 0 spiro atoms. The largest absolute Gasteiger partial charge is 0.380 e. The summed E-state index contributed by atoms with van der Waals surface area (Å²) in [6.07, 6.45) is 7.11. The quantitative estimate of drug-likeness (QED) is 0.121. The topological polar surface area (TPSA) is 142 Å². The standard InChI is InChI=1S/C57H93NO10/c1-17-40-33(5)32(4)35(7)49(64-40)68-47-46(67-48-34(6)31(3)30(2)28-63-48)36(8)45(37(9)60)66-50(47)65-43-21-22-53(12)41(54(43,13)29-59)20-23-55(14)42(53)19-18-38-39-26-52(10,11)24-25-57(39,51(58)61)44(62-16)27-56(38,55)15/h18,29-36,39-50H,17,19-28H2,1-16H3,(H2,58,61)/t30-,31+,32+,33-,34?,35?,36-,39?,40?,41-,42?,43+,44?,45?,46+,47?,48+,49+,50-,53?,54-,55+,56-,57-/m1/s1. The number of amides is 1. The van der Waals surface area contributed by atoms with E-state index in [4.69, 9.17) is 38.9 Å². The Bertz CT molecular complexity index is 1920. The van der Waals surface area contributed by atoms with Crippen molar-refractivity contribution in [3.05, 3.63) is 11.6 Å². The van der Waals surface area contributed by atoms with Crippen molar-refractivity contribution >= 4 is 18.0 Å². The van der Waals surface area contributed by atoms with Crippen molar-refractivity contribution in [3.63, 3.8) is 0 Å². The summed E-state index contributed by atoms with van der Waals surface area (Å²) in [6.45, 7) is 34.0. The van der Waals surface area contributed by atoms with Crippen molar-refractivity contribution in [2.75, 3.05) is 13.7 Å². The molecule has 11 nitrogen and oxygen atoms in total. The summed E-state index contributed by atoms with van der Waals surface area (Å²) in [5.74, 6) is 1.26. The third kappa shape index (κ3) is 8.01. The number of hydrogen-bond acceptors (Lipinski definition) is 10. The first-order chi connectivity index (χ1) is 31.8. The Hall–Kier alpha value is -1.73. The van der Waals surface area contributed by atoms with Crippen LogP contribution < -0.4 is 5.73 Å². The van der Waals surface area contributed by atoms with Crippen LogP contribution in [0.2, 0.25) is 0 Å². The van der Waals surface area contributed by atoms with E-state index in [0.717, 1.165) is 57.8 Å². The zero-order chi connectivity index (χ0) is 49.8. The number of carbonyl (C=O) groups excluding carboxylic acids is 3. The Kier molecular flexibility index (Phi) is 14.4. The van der Waals surface area contributed by atoms with Crippen molar-refractivity contribution in [1.29, 1.82) is 0 Å². The number of methoxy groups -OCH3 is 1. The zero-order valence-electron chi connectivity index (χ0n) is 45.1. The molecule has 3 heterocycles. The highest BCUT2D eigenvalue weighted by Gasteiger charge is 2.72. The zero-order valence-corrected chi connectivity index (χ0v) is 45.1. The predicted molar refractivity (Wildman–Crippen MR) is 262 cm³/mol. The smallest absolute Gasteiger partial charge is 0.226 e. The van der Waals surface area contributed by atoms with Gasteiger partial charge in [0.1, 0.15) is 18.5 Å². The molecule has 0 bridgehead atoms. The highest BCUT2D eigenvalue weighted by molar-refractivity contribution is 5.83. The molecule has 8 aliphatic rings. The number of allylic oxidation sites excluding steroid dienone is 2. The molecular formula is C57H93NO10. The lowest BCUT2D eigenvalue weighted by atomic mass is 9.33.